The summed E-state index contributed by atoms with van der Waals surface area (Å²) in [4.78, 5) is 4.48. The SMILES string of the molecule is BC/C(C(=C)C=C)=C(\C=C(\C)C=C)C/N=C/C=C\C=C\SC. The summed E-state index contributed by atoms with van der Waals surface area (Å²) in [5.74, 6) is 0. The fourth-order valence-electron chi connectivity index (χ4n) is 1.80. The average Bonchev–Trinajstić information content (AvgIpc) is 2.53. The van der Waals surface area contributed by atoms with Crippen molar-refractivity contribution in [3.05, 3.63) is 83.9 Å². The first-order chi connectivity index (χ1) is 10.6. The van der Waals surface area contributed by atoms with Gasteiger partial charge in [-0.15, -0.1) is 11.8 Å². The summed E-state index contributed by atoms with van der Waals surface area (Å²) in [5, 5.41) is 2.02. The van der Waals surface area contributed by atoms with Crippen molar-refractivity contribution >= 4 is 25.8 Å². The number of nitrogens with zero attached hydrogens (tertiary/aromatic N) is 1. The van der Waals surface area contributed by atoms with Crippen molar-refractivity contribution in [1.82, 2.24) is 0 Å². The van der Waals surface area contributed by atoms with Crippen LogP contribution in [0.4, 0.5) is 0 Å². The van der Waals surface area contributed by atoms with E-state index in [9.17, 15) is 0 Å². The first-order valence-corrected chi connectivity index (χ1v) is 8.58. The van der Waals surface area contributed by atoms with Crippen LogP contribution in [0.1, 0.15) is 6.92 Å². The summed E-state index contributed by atoms with van der Waals surface area (Å²) >= 11 is 1.67. The van der Waals surface area contributed by atoms with Crippen LogP contribution in [0.15, 0.2) is 88.9 Å². The lowest BCUT2D eigenvalue weighted by atomic mass is 9.87. The molecule has 0 rings (SSSR count). The molecule has 0 unspecified atom stereocenters. The van der Waals surface area contributed by atoms with Gasteiger partial charge in [-0.3, -0.25) is 4.99 Å². The second kappa shape index (κ2) is 13.0. The van der Waals surface area contributed by atoms with Crippen LogP contribution in [-0.2, 0) is 0 Å². The van der Waals surface area contributed by atoms with Gasteiger partial charge in [-0.25, -0.2) is 0 Å². The Morgan fingerprint density at radius 3 is 2.45 bits per heavy atom. The van der Waals surface area contributed by atoms with Gasteiger partial charge in [0.05, 0.1) is 6.54 Å². The van der Waals surface area contributed by atoms with Crippen molar-refractivity contribution in [2.75, 3.05) is 12.8 Å². The molecule has 0 aromatic heterocycles. The largest absolute Gasteiger partial charge is 0.288 e. The third kappa shape index (κ3) is 8.53. The van der Waals surface area contributed by atoms with Gasteiger partial charge in [0.2, 0.25) is 0 Å². The van der Waals surface area contributed by atoms with Gasteiger partial charge < -0.3 is 0 Å². The van der Waals surface area contributed by atoms with Crippen LogP contribution in [0.5, 0.6) is 0 Å². The minimum atomic E-state index is 0.623. The van der Waals surface area contributed by atoms with Crippen molar-refractivity contribution in [2.24, 2.45) is 4.99 Å². The Kier molecular flexibility index (Phi) is 11.9. The van der Waals surface area contributed by atoms with Gasteiger partial charge in [-0.2, -0.15) is 0 Å². The van der Waals surface area contributed by atoms with E-state index in [4.69, 9.17) is 0 Å². The Bertz CT molecular complexity index is 534. The lowest BCUT2D eigenvalue weighted by Crippen LogP contribution is -1.97. The fraction of sp³-hybridized carbons (Fsp3) is 0.211. The fourth-order valence-corrected chi connectivity index (χ4v) is 2.04. The molecule has 0 aliphatic rings. The predicted molar refractivity (Wildman–Crippen MR) is 109 cm³/mol. The number of aliphatic imine (C=N–C) groups is 1. The normalized spacial score (nSPS) is 13.8. The van der Waals surface area contributed by atoms with E-state index in [0.29, 0.717) is 6.54 Å². The topological polar surface area (TPSA) is 12.4 Å². The Hall–Kier alpha value is -1.74. The van der Waals surface area contributed by atoms with Crippen LogP contribution in [0.2, 0.25) is 6.32 Å². The highest BCUT2D eigenvalue weighted by molar-refractivity contribution is 8.01. The van der Waals surface area contributed by atoms with E-state index in [2.05, 4.69) is 38.7 Å². The molecule has 116 valence electrons. The maximum atomic E-state index is 4.48. The lowest BCUT2D eigenvalue weighted by Gasteiger charge is -2.10. The molecule has 0 aliphatic carbocycles. The number of thioether (sulfide) groups is 1. The van der Waals surface area contributed by atoms with Gasteiger partial charge >= 0.3 is 0 Å². The third-order valence-electron chi connectivity index (χ3n) is 2.99. The van der Waals surface area contributed by atoms with Gasteiger partial charge in [-0.05, 0) is 41.4 Å². The molecule has 0 aromatic carbocycles. The van der Waals surface area contributed by atoms with E-state index in [1.165, 1.54) is 5.57 Å². The van der Waals surface area contributed by atoms with Crippen LogP contribution < -0.4 is 0 Å². The molecule has 0 saturated heterocycles. The molecule has 0 heterocycles. The molecule has 0 aliphatic heterocycles. The molecule has 0 saturated carbocycles. The van der Waals surface area contributed by atoms with E-state index >= 15 is 0 Å². The Balaban J connectivity index is 5.23. The monoisotopic (exact) mass is 311 g/mol. The molecule has 0 spiro atoms. The number of hydrogen-bond donors (Lipinski definition) is 0. The molecule has 0 radical (unpaired) electrons. The van der Waals surface area contributed by atoms with E-state index in [1.807, 2.05) is 49.1 Å². The van der Waals surface area contributed by atoms with Gasteiger partial charge in [0.15, 0.2) is 0 Å². The minimum Gasteiger partial charge on any atom is -0.288 e. The zero-order valence-corrected chi connectivity index (χ0v) is 14.8. The second-order valence-electron chi connectivity index (χ2n) is 4.62. The van der Waals surface area contributed by atoms with Crippen molar-refractivity contribution in [2.45, 2.75) is 13.2 Å². The lowest BCUT2D eigenvalue weighted by molar-refractivity contribution is 1.14. The van der Waals surface area contributed by atoms with E-state index in [-0.39, 0.29) is 0 Å². The highest BCUT2D eigenvalue weighted by Gasteiger charge is 2.04. The first kappa shape index (κ1) is 20.3. The summed E-state index contributed by atoms with van der Waals surface area (Å²) in [7, 11) is 2.12. The zero-order chi connectivity index (χ0) is 16.8. The highest BCUT2D eigenvalue weighted by Crippen LogP contribution is 2.20. The molecule has 0 amide bonds. The summed E-state index contributed by atoms with van der Waals surface area (Å²) < 4.78 is 0. The van der Waals surface area contributed by atoms with Crippen molar-refractivity contribution in [3.8, 4) is 0 Å². The van der Waals surface area contributed by atoms with Gasteiger partial charge in [-0.1, -0.05) is 62.0 Å². The molecule has 0 N–H and O–H groups in total. The molecule has 22 heavy (non-hydrogen) atoms. The molecule has 0 atom stereocenters. The molecular formula is C19H26BNS. The summed E-state index contributed by atoms with van der Waals surface area (Å²) in [5.41, 5.74) is 4.43. The predicted octanol–water partition coefficient (Wildman–Crippen LogP) is 4.71. The van der Waals surface area contributed by atoms with Crippen LogP contribution in [0.25, 0.3) is 0 Å². The van der Waals surface area contributed by atoms with Crippen molar-refractivity contribution < 1.29 is 0 Å². The standard InChI is InChI=1S/C19H26BNS/c1-6-16(3)13-18(19(14-20)17(4)7-2)15-21-11-9-8-10-12-22-5/h6-13H,1-2,4,14-15,20H2,3,5H3/b9-8-,12-10+,16-13-,19-18-,21-11+. The molecule has 3 heteroatoms. The zero-order valence-electron chi connectivity index (χ0n) is 14.0. The minimum absolute atomic E-state index is 0.623. The van der Waals surface area contributed by atoms with Crippen LogP contribution in [-0.4, -0.2) is 26.9 Å². The maximum Gasteiger partial charge on any atom is 0.107 e. The number of hydrogen-bond acceptors (Lipinski definition) is 2. The third-order valence-corrected chi connectivity index (χ3v) is 3.42. The maximum absolute atomic E-state index is 4.48. The quantitative estimate of drug-likeness (QED) is 0.323. The van der Waals surface area contributed by atoms with E-state index < -0.39 is 0 Å². The van der Waals surface area contributed by atoms with E-state index in [0.717, 1.165) is 23.0 Å². The van der Waals surface area contributed by atoms with E-state index in [1.54, 1.807) is 17.8 Å². The smallest absolute Gasteiger partial charge is 0.107 e. The first-order valence-electron chi connectivity index (χ1n) is 7.29. The van der Waals surface area contributed by atoms with Gasteiger partial charge in [0.1, 0.15) is 7.85 Å². The highest BCUT2D eigenvalue weighted by atomic mass is 32.2. The molecular weight excluding hydrogens is 285 g/mol. The van der Waals surface area contributed by atoms with Crippen LogP contribution in [0, 0.1) is 0 Å². The molecule has 0 bridgehead atoms. The average molecular weight is 311 g/mol. The molecule has 1 nitrogen and oxygen atoms in total. The van der Waals surface area contributed by atoms with Crippen LogP contribution in [0.3, 0.4) is 0 Å². The summed E-state index contributed by atoms with van der Waals surface area (Å²) in [6, 6.07) is 0. The Morgan fingerprint density at radius 1 is 1.18 bits per heavy atom. The van der Waals surface area contributed by atoms with Crippen molar-refractivity contribution in [3.63, 3.8) is 0 Å². The summed E-state index contributed by atoms with van der Waals surface area (Å²) in [6.07, 6.45) is 16.4. The molecule has 0 fully saturated rings. The second-order valence-corrected chi connectivity index (χ2v) is 5.36. The van der Waals surface area contributed by atoms with Gasteiger partial charge in [0.25, 0.3) is 0 Å². The number of allylic oxidation sites excluding steroid dienone is 8. The van der Waals surface area contributed by atoms with Gasteiger partial charge in [0, 0.05) is 6.21 Å². The molecule has 0 aromatic rings. The Morgan fingerprint density at radius 2 is 1.91 bits per heavy atom. The number of rotatable bonds is 10. The summed E-state index contributed by atoms with van der Waals surface area (Å²) in [6.45, 7) is 14.4. The van der Waals surface area contributed by atoms with Crippen LogP contribution >= 0.6 is 11.8 Å². The van der Waals surface area contributed by atoms with Crippen molar-refractivity contribution in [1.29, 1.82) is 0 Å². The Labute approximate surface area is 141 Å².